The van der Waals surface area contributed by atoms with E-state index in [-0.39, 0.29) is 18.0 Å². The fourth-order valence-electron chi connectivity index (χ4n) is 3.03. The van der Waals surface area contributed by atoms with Crippen molar-refractivity contribution in [1.29, 1.82) is 0 Å². The zero-order valence-corrected chi connectivity index (χ0v) is 14.6. The first-order valence-electron chi connectivity index (χ1n) is 8.57. The second-order valence-corrected chi connectivity index (χ2v) is 6.09. The molecule has 5 nitrogen and oxygen atoms in total. The predicted molar refractivity (Wildman–Crippen MR) is 103 cm³/mol. The minimum Gasteiger partial charge on any atom is -0.484 e. The molecule has 7 heteroatoms. The van der Waals surface area contributed by atoms with Gasteiger partial charge in [-0.05, 0) is 30.3 Å². The van der Waals surface area contributed by atoms with E-state index in [4.69, 9.17) is 4.74 Å². The highest BCUT2D eigenvalue weighted by Gasteiger charge is 2.12. The number of fused-ring (bicyclic) bond motifs is 3. The van der Waals surface area contributed by atoms with Gasteiger partial charge in [0.25, 0.3) is 5.91 Å². The second kappa shape index (κ2) is 7.56. The van der Waals surface area contributed by atoms with Gasteiger partial charge in [-0.1, -0.05) is 30.3 Å². The molecule has 0 saturated heterocycles. The molecule has 0 spiro atoms. The van der Waals surface area contributed by atoms with Crippen molar-refractivity contribution in [1.82, 2.24) is 4.98 Å². The van der Waals surface area contributed by atoms with Crippen LogP contribution in [-0.4, -0.2) is 24.1 Å². The van der Waals surface area contributed by atoms with E-state index in [0.717, 1.165) is 21.8 Å². The molecule has 0 saturated carbocycles. The summed E-state index contributed by atoms with van der Waals surface area (Å²) in [7, 11) is 0. The number of aromatic nitrogens is 1. The summed E-state index contributed by atoms with van der Waals surface area (Å²) in [5.41, 5.74) is 2.07. The van der Waals surface area contributed by atoms with Gasteiger partial charge in [0, 0.05) is 22.4 Å². The lowest BCUT2D eigenvalue weighted by Crippen LogP contribution is -2.20. The minimum atomic E-state index is -2.97. The highest BCUT2D eigenvalue weighted by molar-refractivity contribution is 6.07. The van der Waals surface area contributed by atoms with Gasteiger partial charge in [0.15, 0.2) is 6.61 Å². The summed E-state index contributed by atoms with van der Waals surface area (Å²) >= 11 is 0. The molecule has 1 heterocycles. The van der Waals surface area contributed by atoms with Crippen molar-refractivity contribution in [3.05, 3.63) is 66.7 Å². The van der Waals surface area contributed by atoms with E-state index in [0.29, 0.717) is 5.75 Å². The van der Waals surface area contributed by atoms with Gasteiger partial charge in [0.05, 0.1) is 11.2 Å². The molecule has 2 N–H and O–H groups in total. The van der Waals surface area contributed by atoms with E-state index in [1.165, 1.54) is 12.1 Å². The molecule has 0 radical (unpaired) electrons. The van der Waals surface area contributed by atoms with Crippen LogP contribution in [0.15, 0.2) is 66.7 Å². The third-order valence-electron chi connectivity index (χ3n) is 4.22. The molecule has 142 valence electrons. The second-order valence-electron chi connectivity index (χ2n) is 6.09. The van der Waals surface area contributed by atoms with E-state index in [1.54, 1.807) is 18.2 Å². The molecule has 0 atom stereocenters. The maximum Gasteiger partial charge on any atom is 0.387 e. The number of rotatable bonds is 6. The molecule has 3 aromatic carbocycles. The number of para-hydroxylation sites is 3. The molecule has 0 aliphatic rings. The van der Waals surface area contributed by atoms with Crippen LogP contribution in [0.5, 0.6) is 11.5 Å². The zero-order chi connectivity index (χ0) is 19.5. The molecule has 0 fully saturated rings. The lowest BCUT2D eigenvalue weighted by Gasteiger charge is -2.12. The van der Waals surface area contributed by atoms with Crippen molar-refractivity contribution < 1.29 is 23.0 Å². The summed E-state index contributed by atoms with van der Waals surface area (Å²) in [4.78, 5) is 15.4. The van der Waals surface area contributed by atoms with Crippen LogP contribution >= 0.6 is 0 Å². The topological polar surface area (TPSA) is 63.4 Å². The van der Waals surface area contributed by atoms with Crippen LogP contribution in [0, 0.1) is 0 Å². The standard InChI is InChI=1S/C21H16F2N2O3/c22-21(23)28-19-8-4-3-7-17(19)25-20(26)12-27-13-9-10-15-14-5-1-2-6-16(14)24-18(15)11-13/h1-11,21,24H,12H2,(H,25,26). The summed E-state index contributed by atoms with van der Waals surface area (Å²) in [5.74, 6) is -0.0706. The Kier molecular flexibility index (Phi) is 4.80. The highest BCUT2D eigenvalue weighted by atomic mass is 19.3. The normalized spacial score (nSPS) is 11.1. The quantitative estimate of drug-likeness (QED) is 0.496. The van der Waals surface area contributed by atoms with E-state index in [1.807, 2.05) is 36.4 Å². The number of hydrogen-bond donors (Lipinski definition) is 2. The Morgan fingerprint density at radius 1 is 0.964 bits per heavy atom. The minimum absolute atomic E-state index is 0.106. The van der Waals surface area contributed by atoms with Crippen LogP contribution in [-0.2, 0) is 4.79 Å². The Morgan fingerprint density at radius 3 is 2.57 bits per heavy atom. The lowest BCUT2D eigenvalue weighted by atomic mass is 10.1. The van der Waals surface area contributed by atoms with Gasteiger partial charge < -0.3 is 19.8 Å². The summed E-state index contributed by atoms with van der Waals surface area (Å²) in [5, 5.41) is 4.68. The van der Waals surface area contributed by atoms with Gasteiger partial charge in [0.2, 0.25) is 0 Å². The Morgan fingerprint density at radius 2 is 1.71 bits per heavy atom. The van der Waals surface area contributed by atoms with Crippen molar-refractivity contribution in [2.75, 3.05) is 11.9 Å². The van der Waals surface area contributed by atoms with E-state index < -0.39 is 12.5 Å². The molecule has 0 aliphatic heterocycles. The number of benzene rings is 3. The molecule has 1 aromatic heterocycles. The van der Waals surface area contributed by atoms with E-state index in [2.05, 4.69) is 15.0 Å². The van der Waals surface area contributed by atoms with Crippen molar-refractivity contribution in [2.24, 2.45) is 0 Å². The molecule has 4 rings (SSSR count). The molecule has 4 aromatic rings. The van der Waals surface area contributed by atoms with Crippen molar-refractivity contribution in [3.8, 4) is 11.5 Å². The number of nitrogens with one attached hydrogen (secondary N) is 2. The Hall–Kier alpha value is -3.61. The van der Waals surface area contributed by atoms with Gasteiger partial charge in [-0.25, -0.2) is 0 Å². The van der Waals surface area contributed by atoms with Crippen molar-refractivity contribution in [2.45, 2.75) is 6.61 Å². The van der Waals surface area contributed by atoms with Gasteiger partial charge >= 0.3 is 6.61 Å². The number of anilines is 1. The first-order chi connectivity index (χ1) is 13.6. The fraction of sp³-hybridized carbons (Fsp3) is 0.0952. The summed E-state index contributed by atoms with van der Waals surface area (Å²) in [6.07, 6.45) is 0. The molecule has 28 heavy (non-hydrogen) atoms. The van der Waals surface area contributed by atoms with Crippen LogP contribution in [0.3, 0.4) is 0 Å². The van der Waals surface area contributed by atoms with Crippen molar-refractivity contribution in [3.63, 3.8) is 0 Å². The molecular formula is C21H16F2N2O3. The number of ether oxygens (including phenoxy) is 2. The molecule has 0 aliphatic carbocycles. The number of amides is 1. The maximum atomic E-state index is 12.4. The number of carbonyl (C=O) groups excluding carboxylic acids is 1. The van der Waals surface area contributed by atoms with Crippen molar-refractivity contribution >= 4 is 33.4 Å². The number of carbonyl (C=O) groups is 1. The average molecular weight is 382 g/mol. The van der Waals surface area contributed by atoms with Crippen LogP contribution < -0.4 is 14.8 Å². The SMILES string of the molecule is O=C(COc1ccc2c(c1)[nH]c1ccccc12)Nc1ccccc1OC(F)F. The van der Waals surface area contributed by atoms with Gasteiger partial charge in [0.1, 0.15) is 11.5 Å². The maximum absolute atomic E-state index is 12.4. The molecule has 0 bridgehead atoms. The highest BCUT2D eigenvalue weighted by Crippen LogP contribution is 2.28. The molecule has 0 unspecified atom stereocenters. The van der Waals surface area contributed by atoms with Gasteiger partial charge in [-0.15, -0.1) is 0 Å². The number of H-pyrrole nitrogens is 1. The number of aromatic amines is 1. The monoisotopic (exact) mass is 382 g/mol. The first-order valence-corrected chi connectivity index (χ1v) is 8.57. The Balaban J connectivity index is 1.44. The molecular weight excluding hydrogens is 366 g/mol. The lowest BCUT2D eigenvalue weighted by molar-refractivity contribution is -0.118. The third kappa shape index (κ3) is 3.73. The fourth-order valence-corrected chi connectivity index (χ4v) is 3.03. The number of alkyl halides is 2. The largest absolute Gasteiger partial charge is 0.484 e. The van der Waals surface area contributed by atoms with Crippen LogP contribution in [0.1, 0.15) is 0 Å². The van der Waals surface area contributed by atoms with E-state index in [9.17, 15) is 13.6 Å². The zero-order valence-electron chi connectivity index (χ0n) is 14.6. The first kappa shape index (κ1) is 17.8. The summed E-state index contributed by atoms with van der Waals surface area (Å²) in [6, 6.07) is 19.4. The molecule has 1 amide bonds. The Labute approximate surface area is 158 Å². The van der Waals surface area contributed by atoms with E-state index >= 15 is 0 Å². The Bertz CT molecular complexity index is 1140. The van der Waals surface area contributed by atoms with Crippen LogP contribution in [0.2, 0.25) is 0 Å². The smallest absolute Gasteiger partial charge is 0.387 e. The van der Waals surface area contributed by atoms with Gasteiger partial charge in [-0.2, -0.15) is 8.78 Å². The third-order valence-corrected chi connectivity index (χ3v) is 4.22. The van der Waals surface area contributed by atoms with Crippen LogP contribution in [0.25, 0.3) is 21.8 Å². The number of hydrogen-bond acceptors (Lipinski definition) is 3. The predicted octanol–water partition coefficient (Wildman–Crippen LogP) is 4.94. The average Bonchev–Trinajstić information content (AvgIpc) is 3.05. The van der Waals surface area contributed by atoms with Crippen LogP contribution in [0.4, 0.5) is 14.5 Å². The summed E-state index contributed by atoms with van der Waals surface area (Å²) in [6.45, 7) is -3.24. The van der Waals surface area contributed by atoms with Gasteiger partial charge in [-0.3, -0.25) is 4.79 Å². The number of halogens is 2. The summed E-state index contributed by atoms with van der Waals surface area (Å²) < 4.78 is 34.8.